The van der Waals surface area contributed by atoms with Gasteiger partial charge in [0.05, 0.1) is 21.6 Å². The second-order valence-corrected chi connectivity index (χ2v) is 6.38. The van der Waals surface area contributed by atoms with Crippen molar-refractivity contribution in [3.63, 3.8) is 0 Å². The second kappa shape index (κ2) is 7.56. The van der Waals surface area contributed by atoms with Crippen molar-refractivity contribution in [2.45, 2.75) is 0 Å². The number of benzene rings is 2. The van der Waals surface area contributed by atoms with Gasteiger partial charge in [0, 0.05) is 10.6 Å². The summed E-state index contributed by atoms with van der Waals surface area (Å²) in [5, 5.41) is 13.4. The van der Waals surface area contributed by atoms with Crippen LogP contribution in [0.3, 0.4) is 0 Å². The summed E-state index contributed by atoms with van der Waals surface area (Å²) in [5.74, 6) is 0.324. The highest BCUT2D eigenvalue weighted by atomic mass is 79.9. The van der Waals surface area contributed by atoms with Crippen LogP contribution in [0.5, 0.6) is 5.75 Å². The van der Waals surface area contributed by atoms with Crippen LogP contribution in [0.1, 0.15) is 5.56 Å². The highest BCUT2D eigenvalue weighted by molar-refractivity contribution is 9.10. The van der Waals surface area contributed by atoms with Crippen LogP contribution in [0.15, 0.2) is 55.6 Å². The number of ether oxygens (including phenoxy) is 1. The molecule has 0 saturated heterocycles. The molecule has 1 aromatic heterocycles. The van der Waals surface area contributed by atoms with Gasteiger partial charge >= 0.3 is 5.69 Å². The topological polar surface area (TPSA) is 100 Å². The average Bonchev–Trinajstić information content (AvgIpc) is 2.60. The summed E-state index contributed by atoms with van der Waals surface area (Å²) >= 11 is 9.33. The van der Waals surface area contributed by atoms with Crippen molar-refractivity contribution in [1.29, 1.82) is 5.26 Å². The lowest BCUT2D eigenvalue weighted by Crippen LogP contribution is -2.32. The van der Waals surface area contributed by atoms with Crippen LogP contribution in [-0.2, 0) is 0 Å². The molecule has 0 aliphatic rings. The smallest absolute Gasteiger partial charge is 0.349 e. The molecular formula is C17H10BrClN4O3. The van der Waals surface area contributed by atoms with Crippen LogP contribution in [0.25, 0.3) is 10.9 Å². The van der Waals surface area contributed by atoms with E-state index in [1.54, 1.807) is 36.4 Å². The molecule has 0 radical (unpaired) electrons. The fraction of sp³-hybridized carbons (Fsp3) is 0.0588. The minimum Gasteiger partial charge on any atom is -0.477 e. The molecule has 7 nitrogen and oxygen atoms in total. The molecular weight excluding hydrogens is 424 g/mol. The van der Waals surface area contributed by atoms with Crippen molar-refractivity contribution in [1.82, 2.24) is 9.66 Å². The minimum absolute atomic E-state index is 0.183. The summed E-state index contributed by atoms with van der Waals surface area (Å²) in [6.07, 6.45) is 1.27. The number of aromatic amines is 1. The Morgan fingerprint density at radius 3 is 2.88 bits per heavy atom. The van der Waals surface area contributed by atoms with Crippen molar-refractivity contribution in [2.24, 2.45) is 5.10 Å². The summed E-state index contributed by atoms with van der Waals surface area (Å²) in [6, 6.07) is 11.6. The fourth-order valence-corrected chi connectivity index (χ4v) is 3.26. The van der Waals surface area contributed by atoms with Crippen molar-refractivity contribution >= 4 is 44.6 Å². The summed E-state index contributed by atoms with van der Waals surface area (Å²) in [5.41, 5.74) is -0.400. The van der Waals surface area contributed by atoms with Gasteiger partial charge in [-0.2, -0.15) is 10.4 Å². The lowest BCUT2D eigenvalue weighted by atomic mass is 10.2. The SMILES string of the molecule is N#CCOc1c(Br)cc(Cl)cc1C=Nn1c(=O)[nH]c2ccccc2c1=O. The normalized spacial score (nSPS) is 11.0. The summed E-state index contributed by atoms with van der Waals surface area (Å²) in [7, 11) is 0. The van der Waals surface area contributed by atoms with Gasteiger partial charge < -0.3 is 9.72 Å². The van der Waals surface area contributed by atoms with Gasteiger partial charge in [0.1, 0.15) is 11.8 Å². The van der Waals surface area contributed by atoms with Crippen LogP contribution < -0.4 is 16.0 Å². The summed E-state index contributed by atoms with van der Waals surface area (Å²) < 4.78 is 6.59. The van der Waals surface area contributed by atoms with Gasteiger partial charge in [-0.3, -0.25) is 4.79 Å². The molecule has 0 fully saturated rings. The monoisotopic (exact) mass is 432 g/mol. The Hall–Kier alpha value is -2.89. The Balaban J connectivity index is 2.12. The molecule has 0 atom stereocenters. The molecule has 3 aromatic rings. The minimum atomic E-state index is -0.675. The zero-order valence-corrected chi connectivity index (χ0v) is 15.4. The van der Waals surface area contributed by atoms with Crippen LogP contribution in [0.2, 0.25) is 5.02 Å². The Morgan fingerprint density at radius 2 is 2.12 bits per heavy atom. The molecule has 2 aromatic carbocycles. The van der Waals surface area contributed by atoms with E-state index in [1.165, 1.54) is 6.21 Å². The third-order valence-corrected chi connectivity index (χ3v) is 4.22. The molecule has 130 valence electrons. The van der Waals surface area contributed by atoms with E-state index in [0.717, 1.165) is 0 Å². The van der Waals surface area contributed by atoms with Crippen molar-refractivity contribution in [3.8, 4) is 11.8 Å². The zero-order chi connectivity index (χ0) is 18.7. The first-order valence-electron chi connectivity index (χ1n) is 7.28. The first-order valence-corrected chi connectivity index (χ1v) is 8.45. The lowest BCUT2D eigenvalue weighted by molar-refractivity contribution is 0.365. The molecule has 3 rings (SSSR count). The number of aromatic nitrogens is 2. The number of nitrogens with zero attached hydrogens (tertiary/aromatic N) is 3. The number of rotatable bonds is 4. The van der Waals surface area contributed by atoms with Gasteiger partial charge in [0.2, 0.25) is 0 Å². The zero-order valence-electron chi connectivity index (χ0n) is 13.1. The Labute approximate surface area is 160 Å². The van der Waals surface area contributed by atoms with E-state index in [9.17, 15) is 9.59 Å². The van der Waals surface area contributed by atoms with E-state index in [2.05, 4.69) is 26.0 Å². The third-order valence-electron chi connectivity index (χ3n) is 3.41. The molecule has 0 aliphatic heterocycles. The Bertz CT molecular complexity index is 1180. The number of hydrogen-bond acceptors (Lipinski definition) is 5. The fourth-order valence-electron chi connectivity index (χ4n) is 2.31. The van der Waals surface area contributed by atoms with Crippen molar-refractivity contribution in [3.05, 3.63) is 72.3 Å². The average molecular weight is 434 g/mol. The first-order chi connectivity index (χ1) is 12.5. The lowest BCUT2D eigenvalue weighted by Gasteiger charge is -2.09. The van der Waals surface area contributed by atoms with Gasteiger partial charge in [-0.25, -0.2) is 4.79 Å². The van der Waals surface area contributed by atoms with Crippen LogP contribution in [-0.4, -0.2) is 22.5 Å². The number of fused-ring (bicyclic) bond motifs is 1. The van der Waals surface area contributed by atoms with Crippen molar-refractivity contribution in [2.75, 3.05) is 6.61 Å². The molecule has 1 heterocycles. The molecule has 0 amide bonds. The Morgan fingerprint density at radius 1 is 1.35 bits per heavy atom. The predicted octanol–water partition coefficient (Wildman–Crippen LogP) is 2.89. The Kier molecular flexibility index (Phi) is 5.21. The van der Waals surface area contributed by atoms with Crippen LogP contribution in [0.4, 0.5) is 0 Å². The molecule has 0 aliphatic carbocycles. The maximum atomic E-state index is 12.5. The molecule has 9 heteroatoms. The number of para-hydroxylation sites is 1. The molecule has 1 N–H and O–H groups in total. The standard InChI is InChI=1S/C17H10BrClN4O3/c18-13-8-11(19)7-10(15(13)26-6-5-20)9-21-23-16(24)12-3-1-2-4-14(12)22-17(23)25/h1-4,7-9H,6H2,(H,22,25). The molecule has 0 saturated carbocycles. The predicted molar refractivity (Wildman–Crippen MR) is 102 cm³/mol. The molecule has 26 heavy (non-hydrogen) atoms. The van der Waals surface area contributed by atoms with E-state index in [4.69, 9.17) is 21.6 Å². The number of nitriles is 1. The largest absolute Gasteiger partial charge is 0.477 e. The number of hydrogen-bond donors (Lipinski definition) is 1. The molecule has 0 unspecified atom stereocenters. The van der Waals surface area contributed by atoms with Crippen molar-refractivity contribution < 1.29 is 4.74 Å². The molecule has 0 bridgehead atoms. The third kappa shape index (κ3) is 3.54. The van der Waals surface area contributed by atoms with E-state index in [-0.39, 0.29) is 6.61 Å². The van der Waals surface area contributed by atoms with E-state index in [1.807, 2.05) is 6.07 Å². The van der Waals surface area contributed by atoms with E-state index in [0.29, 0.717) is 36.4 Å². The quantitative estimate of drug-likeness (QED) is 0.639. The highest BCUT2D eigenvalue weighted by Crippen LogP contribution is 2.31. The van der Waals surface area contributed by atoms with Gasteiger partial charge in [-0.15, -0.1) is 4.68 Å². The maximum absolute atomic E-state index is 12.5. The van der Waals surface area contributed by atoms with Crippen LogP contribution in [0, 0.1) is 11.3 Å². The van der Waals surface area contributed by atoms with Gasteiger partial charge in [0.15, 0.2) is 6.61 Å². The first kappa shape index (κ1) is 17.9. The second-order valence-electron chi connectivity index (χ2n) is 5.09. The number of H-pyrrole nitrogens is 1. The maximum Gasteiger partial charge on any atom is 0.349 e. The summed E-state index contributed by atoms with van der Waals surface area (Å²) in [6.45, 7) is -0.183. The number of nitrogens with one attached hydrogen (secondary N) is 1. The number of halogens is 2. The highest BCUT2D eigenvalue weighted by Gasteiger charge is 2.10. The summed E-state index contributed by atoms with van der Waals surface area (Å²) in [4.78, 5) is 27.2. The molecule has 0 spiro atoms. The van der Waals surface area contributed by atoms with Gasteiger partial charge in [-0.05, 0) is 40.2 Å². The van der Waals surface area contributed by atoms with E-state index < -0.39 is 11.2 Å². The van der Waals surface area contributed by atoms with Gasteiger partial charge in [0.25, 0.3) is 5.56 Å². The van der Waals surface area contributed by atoms with Crippen LogP contribution >= 0.6 is 27.5 Å². The van der Waals surface area contributed by atoms with E-state index >= 15 is 0 Å². The van der Waals surface area contributed by atoms with Gasteiger partial charge in [-0.1, -0.05) is 23.7 Å².